The quantitative estimate of drug-likeness (QED) is 0.625. The topological polar surface area (TPSA) is 70.7 Å². The van der Waals surface area contributed by atoms with Crippen LogP contribution >= 0.6 is 0 Å². The number of nitrogens with zero attached hydrogens (tertiary/aromatic N) is 1. The molecule has 2 atom stereocenters. The summed E-state index contributed by atoms with van der Waals surface area (Å²) in [4.78, 5) is 27.7. The second-order valence-electron chi connectivity index (χ2n) is 11.2. The Morgan fingerprint density at radius 1 is 1.11 bits per heavy atom. The molecule has 1 fully saturated rings. The van der Waals surface area contributed by atoms with Crippen molar-refractivity contribution in [3.8, 4) is 0 Å². The monoisotopic (exact) mass is 475 g/mol. The number of para-hydroxylation sites is 1. The van der Waals surface area contributed by atoms with E-state index in [-0.39, 0.29) is 11.5 Å². The van der Waals surface area contributed by atoms with Gasteiger partial charge in [-0.25, -0.2) is 4.79 Å². The third kappa shape index (κ3) is 3.92. The summed E-state index contributed by atoms with van der Waals surface area (Å²) in [6, 6.07) is 17.0. The number of rotatable bonds is 5. The maximum atomic E-state index is 13.4. The minimum absolute atomic E-state index is 0.226. The summed E-state index contributed by atoms with van der Waals surface area (Å²) in [7, 11) is 0. The van der Waals surface area contributed by atoms with E-state index in [0.717, 1.165) is 45.2 Å². The van der Waals surface area contributed by atoms with E-state index < -0.39 is 17.2 Å². The summed E-state index contributed by atoms with van der Waals surface area (Å²) in [6.45, 7) is 8.32. The predicted molar refractivity (Wildman–Crippen MR) is 138 cm³/mol. The number of fused-ring (bicyclic) bond motifs is 3. The van der Waals surface area contributed by atoms with E-state index in [1.54, 1.807) is 0 Å². The second kappa shape index (κ2) is 8.98. The maximum Gasteiger partial charge on any atom is 0.407 e. The van der Waals surface area contributed by atoms with Gasteiger partial charge < -0.3 is 25.1 Å². The Kier molecular flexibility index (Phi) is 6.12. The van der Waals surface area contributed by atoms with E-state index in [0.29, 0.717) is 12.8 Å². The van der Waals surface area contributed by atoms with Crippen molar-refractivity contribution in [3.05, 3.63) is 65.2 Å². The van der Waals surface area contributed by atoms with Crippen molar-refractivity contribution in [1.29, 1.82) is 0 Å². The van der Waals surface area contributed by atoms with Gasteiger partial charge in [0.25, 0.3) is 0 Å². The minimum Gasteiger partial charge on any atom is -0.444 e. The zero-order valence-corrected chi connectivity index (χ0v) is 21.1. The van der Waals surface area contributed by atoms with Crippen LogP contribution in [0.2, 0.25) is 0 Å². The van der Waals surface area contributed by atoms with Crippen LogP contribution in [0.5, 0.6) is 0 Å². The van der Waals surface area contributed by atoms with Crippen LogP contribution in [0.15, 0.2) is 48.5 Å². The molecule has 2 aliphatic heterocycles. The van der Waals surface area contributed by atoms with Crippen molar-refractivity contribution in [1.82, 2.24) is 10.6 Å². The van der Waals surface area contributed by atoms with Crippen LogP contribution < -0.4 is 15.5 Å². The van der Waals surface area contributed by atoms with Crippen molar-refractivity contribution < 1.29 is 14.3 Å². The molecule has 0 radical (unpaired) electrons. The molecule has 2 aromatic carbocycles. The SMILES string of the molecule is CC(C)(C)OC(=O)NC1C2(CCNCC2)c2ccccc2C1(CCC=O)N1CCc2ccccc21. The van der Waals surface area contributed by atoms with Gasteiger partial charge in [0.15, 0.2) is 0 Å². The summed E-state index contributed by atoms with van der Waals surface area (Å²) >= 11 is 0. The van der Waals surface area contributed by atoms with Gasteiger partial charge in [-0.15, -0.1) is 0 Å². The van der Waals surface area contributed by atoms with Gasteiger partial charge in [-0.05, 0) is 82.3 Å². The van der Waals surface area contributed by atoms with E-state index in [9.17, 15) is 9.59 Å². The molecule has 2 N–H and O–H groups in total. The zero-order chi connectivity index (χ0) is 24.7. The highest BCUT2D eigenvalue weighted by atomic mass is 16.6. The largest absolute Gasteiger partial charge is 0.444 e. The van der Waals surface area contributed by atoms with Crippen LogP contribution in [-0.4, -0.2) is 43.7 Å². The van der Waals surface area contributed by atoms with Crippen molar-refractivity contribution in [3.63, 3.8) is 0 Å². The van der Waals surface area contributed by atoms with Gasteiger partial charge in [0, 0.05) is 24.1 Å². The lowest BCUT2D eigenvalue weighted by Gasteiger charge is -2.50. The fraction of sp³-hybridized carbons (Fsp3) is 0.517. The number of benzene rings is 2. The maximum absolute atomic E-state index is 13.4. The van der Waals surface area contributed by atoms with Crippen molar-refractivity contribution in [2.24, 2.45) is 0 Å². The van der Waals surface area contributed by atoms with E-state index in [1.165, 1.54) is 22.4 Å². The van der Waals surface area contributed by atoms with Crippen LogP contribution in [0.25, 0.3) is 0 Å². The molecule has 1 amide bonds. The van der Waals surface area contributed by atoms with E-state index in [4.69, 9.17) is 4.74 Å². The van der Waals surface area contributed by atoms with Gasteiger partial charge in [0.2, 0.25) is 0 Å². The van der Waals surface area contributed by atoms with Gasteiger partial charge >= 0.3 is 6.09 Å². The molecule has 0 bridgehead atoms. The Bertz CT molecular complexity index is 1100. The molecule has 1 saturated heterocycles. The molecule has 186 valence electrons. The standard InChI is InChI=1S/C29H37N3O3/c1-27(2,3)35-26(34)31-25-28(15-17-30-18-16-28)22-10-5-6-11-23(22)29(25,14-8-20-33)32-19-13-21-9-4-7-12-24(21)32/h4-7,9-12,20,25,30H,8,13-19H2,1-3H3,(H,31,34). The predicted octanol–water partition coefficient (Wildman–Crippen LogP) is 4.45. The molecule has 6 nitrogen and oxygen atoms in total. The van der Waals surface area contributed by atoms with E-state index >= 15 is 0 Å². The Morgan fingerprint density at radius 3 is 2.51 bits per heavy atom. The lowest BCUT2D eigenvalue weighted by atomic mass is 9.68. The first-order valence-electron chi connectivity index (χ1n) is 12.9. The third-order valence-corrected chi connectivity index (χ3v) is 8.13. The number of hydrogen-bond donors (Lipinski definition) is 2. The molecule has 2 aromatic rings. The number of ether oxygens (including phenoxy) is 1. The first-order chi connectivity index (χ1) is 16.8. The first-order valence-corrected chi connectivity index (χ1v) is 12.9. The van der Waals surface area contributed by atoms with Crippen LogP contribution in [0.3, 0.4) is 0 Å². The number of anilines is 1. The Labute approximate surface area is 208 Å². The number of alkyl carbamates (subject to hydrolysis) is 1. The molecule has 5 rings (SSSR count). The number of carbonyl (C=O) groups excluding carboxylic acids is 2. The van der Waals surface area contributed by atoms with Crippen molar-refractivity contribution >= 4 is 18.1 Å². The summed E-state index contributed by atoms with van der Waals surface area (Å²) < 4.78 is 5.81. The summed E-state index contributed by atoms with van der Waals surface area (Å²) in [5.41, 5.74) is 3.69. The molecule has 2 heterocycles. The van der Waals surface area contributed by atoms with Gasteiger partial charge in [-0.2, -0.15) is 0 Å². The summed E-state index contributed by atoms with van der Waals surface area (Å²) in [5, 5.41) is 6.92. The molecular weight excluding hydrogens is 438 g/mol. The first kappa shape index (κ1) is 23.9. The molecule has 2 unspecified atom stereocenters. The zero-order valence-electron chi connectivity index (χ0n) is 21.1. The number of piperidine rings is 1. The lowest BCUT2D eigenvalue weighted by Crippen LogP contribution is -2.65. The number of amides is 1. The average Bonchev–Trinajstić information content (AvgIpc) is 3.35. The molecule has 0 saturated carbocycles. The van der Waals surface area contributed by atoms with Gasteiger partial charge in [0.1, 0.15) is 11.9 Å². The Morgan fingerprint density at radius 2 is 1.80 bits per heavy atom. The number of aldehydes is 1. The van der Waals surface area contributed by atoms with Crippen LogP contribution in [-0.2, 0) is 26.9 Å². The fourth-order valence-corrected chi connectivity index (χ4v) is 6.92. The molecular formula is C29H37N3O3. The van der Waals surface area contributed by atoms with Gasteiger partial charge in [0.05, 0.1) is 11.6 Å². The number of nitrogens with one attached hydrogen (secondary N) is 2. The highest BCUT2D eigenvalue weighted by Crippen LogP contribution is 2.58. The highest BCUT2D eigenvalue weighted by Gasteiger charge is 2.63. The number of hydrogen-bond acceptors (Lipinski definition) is 5. The molecule has 6 heteroatoms. The van der Waals surface area contributed by atoms with E-state index in [2.05, 4.69) is 64.1 Å². The molecule has 3 aliphatic rings. The number of carbonyl (C=O) groups is 2. The fourth-order valence-electron chi connectivity index (χ4n) is 6.92. The van der Waals surface area contributed by atoms with Gasteiger partial charge in [-0.1, -0.05) is 42.5 Å². The molecule has 35 heavy (non-hydrogen) atoms. The summed E-state index contributed by atoms with van der Waals surface area (Å²) in [5.74, 6) is 0. The van der Waals surface area contributed by atoms with Crippen LogP contribution in [0.1, 0.15) is 63.1 Å². The molecule has 1 aliphatic carbocycles. The van der Waals surface area contributed by atoms with Crippen molar-refractivity contribution in [2.45, 2.75) is 75.5 Å². The average molecular weight is 476 g/mol. The molecule has 1 spiro atoms. The lowest BCUT2D eigenvalue weighted by molar-refractivity contribution is -0.108. The Hall–Kier alpha value is -2.86. The van der Waals surface area contributed by atoms with Gasteiger partial charge in [-0.3, -0.25) is 0 Å². The normalized spacial score (nSPS) is 24.7. The highest BCUT2D eigenvalue weighted by molar-refractivity contribution is 5.72. The second-order valence-corrected chi connectivity index (χ2v) is 11.2. The molecule has 0 aromatic heterocycles. The van der Waals surface area contributed by atoms with Crippen LogP contribution in [0.4, 0.5) is 10.5 Å². The van der Waals surface area contributed by atoms with Crippen molar-refractivity contribution in [2.75, 3.05) is 24.5 Å². The third-order valence-electron chi connectivity index (χ3n) is 8.13. The summed E-state index contributed by atoms with van der Waals surface area (Å²) in [6.07, 6.45) is 4.48. The van der Waals surface area contributed by atoms with E-state index in [1.807, 2.05) is 20.8 Å². The Balaban J connectivity index is 1.72. The minimum atomic E-state index is -0.595. The smallest absolute Gasteiger partial charge is 0.407 e. The van der Waals surface area contributed by atoms with Crippen LogP contribution in [0, 0.1) is 0 Å².